The molecule has 0 aromatic heterocycles. The van der Waals surface area contributed by atoms with Gasteiger partial charge in [0, 0.05) is 6.42 Å². The van der Waals surface area contributed by atoms with Crippen LogP contribution >= 0.6 is 0 Å². The van der Waals surface area contributed by atoms with Gasteiger partial charge in [0.05, 0.1) is 5.60 Å². The number of fused-ring (bicyclic) bond motifs is 5. The molecular weight excluding hydrogens is 344 g/mol. The van der Waals surface area contributed by atoms with E-state index in [1.165, 1.54) is 44.1 Å². The Hall–Kier alpha value is -0.780. The molecule has 0 bridgehead atoms. The summed E-state index contributed by atoms with van der Waals surface area (Å²) < 4.78 is 0. The molecule has 156 valence electrons. The normalized spacial score (nSPS) is 48.1. The fraction of sp³-hybridized carbons (Fsp3) is 0.846. The lowest BCUT2D eigenvalue weighted by Gasteiger charge is -2.58. The summed E-state index contributed by atoms with van der Waals surface area (Å²) >= 11 is 0. The number of terminal acetylenes is 1. The third-order valence-electron chi connectivity index (χ3n) is 9.74. The van der Waals surface area contributed by atoms with Crippen LogP contribution in [0.25, 0.3) is 0 Å². The van der Waals surface area contributed by atoms with Crippen molar-refractivity contribution in [3.8, 4) is 12.3 Å². The van der Waals surface area contributed by atoms with Crippen LogP contribution in [0.4, 0.5) is 0 Å². The molecule has 0 aromatic rings. The van der Waals surface area contributed by atoms with Gasteiger partial charge in [-0.05, 0) is 106 Å². The predicted molar refractivity (Wildman–Crippen MR) is 115 cm³/mol. The minimum atomic E-state index is -0.920. The van der Waals surface area contributed by atoms with Gasteiger partial charge in [-0.25, -0.2) is 0 Å². The first-order chi connectivity index (χ1) is 13.0. The molecule has 2 heteroatoms. The van der Waals surface area contributed by atoms with Gasteiger partial charge in [0.25, 0.3) is 0 Å². The van der Waals surface area contributed by atoms with E-state index in [2.05, 4.69) is 25.8 Å². The lowest BCUT2D eigenvalue weighted by atomic mass is 9.46. The Morgan fingerprint density at radius 2 is 1.89 bits per heavy atom. The Kier molecular flexibility index (Phi) is 4.84. The van der Waals surface area contributed by atoms with Gasteiger partial charge in [-0.15, -0.1) is 6.42 Å². The highest BCUT2D eigenvalue weighted by Gasteiger charge is 2.59. The van der Waals surface area contributed by atoms with Crippen molar-refractivity contribution in [3.05, 3.63) is 11.6 Å². The second-order valence-corrected chi connectivity index (χ2v) is 11.8. The summed E-state index contributed by atoms with van der Waals surface area (Å²) in [6.07, 6.45) is 19.2. The van der Waals surface area contributed by atoms with E-state index in [1.807, 2.05) is 13.8 Å². The van der Waals surface area contributed by atoms with Crippen molar-refractivity contribution in [2.24, 2.45) is 34.5 Å². The number of hydrogen-bond acceptors (Lipinski definition) is 2. The van der Waals surface area contributed by atoms with Crippen LogP contribution in [0, 0.1) is 46.8 Å². The van der Waals surface area contributed by atoms with Gasteiger partial charge in [0.2, 0.25) is 0 Å². The van der Waals surface area contributed by atoms with Crippen molar-refractivity contribution in [2.45, 2.75) is 103 Å². The molecule has 0 aliphatic heterocycles. The second-order valence-electron chi connectivity index (χ2n) is 11.8. The molecule has 0 aromatic carbocycles. The van der Waals surface area contributed by atoms with Gasteiger partial charge in [0.1, 0.15) is 5.60 Å². The van der Waals surface area contributed by atoms with Crippen LogP contribution in [0.2, 0.25) is 0 Å². The Bertz CT molecular complexity index is 694. The lowest BCUT2D eigenvalue weighted by molar-refractivity contribution is -0.0607. The van der Waals surface area contributed by atoms with Crippen LogP contribution in [0.15, 0.2) is 11.6 Å². The zero-order valence-electron chi connectivity index (χ0n) is 18.4. The van der Waals surface area contributed by atoms with Gasteiger partial charge in [-0.3, -0.25) is 0 Å². The van der Waals surface area contributed by atoms with Gasteiger partial charge in [0.15, 0.2) is 0 Å². The molecule has 4 aliphatic carbocycles. The van der Waals surface area contributed by atoms with Crippen molar-refractivity contribution in [2.75, 3.05) is 0 Å². The molecule has 3 saturated carbocycles. The average molecular weight is 385 g/mol. The SMILES string of the molecule is C#CC1(O)CCC2(C)C(=CCC3C2CCC2(C)C(CCC(C)(C)O)CCC32)C1. The molecule has 0 spiro atoms. The number of hydrogen-bond donors (Lipinski definition) is 2. The minimum absolute atomic E-state index is 0.235. The van der Waals surface area contributed by atoms with E-state index in [-0.39, 0.29) is 5.41 Å². The average Bonchev–Trinajstić information content (AvgIpc) is 2.96. The first kappa shape index (κ1) is 20.5. The first-order valence-corrected chi connectivity index (χ1v) is 11.6. The van der Waals surface area contributed by atoms with Crippen LogP contribution in [0.5, 0.6) is 0 Å². The summed E-state index contributed by atoms with van der Waals surface area (Å²) in [6.45, 7) is 8.94. The van der Waals surface area contributed by atoms with E-state index in [4.69, 9.17) is 6.42 Å². The number of allylic oxidation sites excluding steroid dienone is 1. The summed E-state index contributed by atoms with van der Waals surface area (Å²) in [6, 6.07) is 0. The Balaban J connectivity index is 1.55. The van der Waals surface area contributed by atoms with E-state index >= 15 is 0 Å². The molecule has 7 atom stereocenters. The topological polar surface area (TPSA) is 40.5 Å². The molecule has 7 unspecified atom stereocenters. The summed E-state index contributed by atoms with van der Waals surface area (Å²) in [4.78, 5) is 0. The van der Waals surface area contributed by atoms with Crippen LogP contribution in [0.3, 0.4) is 0 Å². The van der Waals surface area contributed by atoms with Crippen LogP contribution in [-0.2, 0) is 0 Å². The van der Waals surface area contributed by atoms with E-state index in [0.717, 1.165) is 42.9 Å². The minimum Gasteiger partial charge on any atom is -0.390 e. The van der Waals surface area contributed by atoms with Gasteiger partial charge >= 0.3 is 0 Å². The molecule has 0 heterocycles. The lowest BCUT2D eigenvalue weighted by Crippen LogP contribution is -2.52. The predicted octanol–water partition coefficient (Wildman–Crippen LogP) is 5.48. The summed E-state index contributed by atoms with van der Waals surface area (Å²) in [7, 11) is 0. The van der Waals surface area contributed by atoms with Gasteiger partial charge in [-0.1, -0.05) is 31.4 Å². The van der Waals surface area contributed by atoms with E-state index < -0.39 is 11.2 Å². The van der Waals surface area contributed by atoms with Crippen molar-refractivity contribution in [1.82, 2.24) is 0 Å². The molecular formula is C26H40O2. The highest BCUT2D eigenvalue weighted by atomic mass is 16.3. The first-order valence-electron chi connectivity index (χ1n) is 11.6. The number of aliphatic hydroxyl groups is 2. The highest BCUT2D eigenvalue weighted by Crippen LogP contribution is 2.67. The maximum atomic E-state index is 10.7. The van der Waals surface area contributed by atoms with Crippen LogP contribution < -0.4 is 0 Å². The largest absolute Gasteiger partial charge is 0.390 e. The quantitative estimate of drug-likeness (QED) is 0.499. The van der Waals surface area contributed by atoms with Crippen molar-refractivity contribution >= 4 is 0 Å². The third-order valence-corrected chi connectivity index (χ3v) is 9.74. The molecule has 4 rings (SSSR count). The van der Waals surface area contributed by atoms with Crippen molar-refractivity contribution in [3.63, 3.8) is 0 Å². The summed E-state index contributed by atoms with van der Waals surface area (Å²) in [5, 5.41) is 20.9. The Labute approximate surface area is 172 Å². The molecule has 2 nitrogen and oxygen atoms in total. The van der Waals surface area contributed by atoms with E-state index in [9.17, 15) is 10.2 Å². The second kappa shape index (κ2) is 6.61. The van der Waals surface area contributed by atoms with Crippen molar-refractivity contribution < 1.29 is 10.2 Å². The molecule has 0 saturated heterocycles. The van der Waals surface area contributed by atoms with Gasteiger partial charge < -0.3 is 10.2 Å². The van der Waals surface area contributed by atoms with Crippen LogP contribution in [-0.4, -0.2) is 21.4 Å². The van der Waals surface area contributed by atoms with E-state index in [0.29, 0.717) is 11.8 Å². The zero-order valence-corrected chi connectivity index (χ0v) is 18.4. The molecule has 4 aliphatic rings. The highest BCUT2D eigenvalue weighted by molar-refractivity contribution is 5.30. The summed E-state index contributed by atoms with van der Waals surface area (Å²) in [5.41, 5.74) is 0.663. The van der Waals surface area contributed by atoms with E-state index in [1.54, 1.807) is 0 Å². The Morgan fingerprint density at radius 1 is 1.14 bits per heavy atom. The van der Waals surface area contributed by atoms with Gasteiger partial charge in [-0.2, -0.15) is 0 Å². The maximum Gasteiger partial charge on any atom is 0.128 e. The monoisotopic (exact) mass is 384 g/mol. The fourth-order valence-corrected chi connectivity index (χ4v) is 7.88. The third kappa shape index (κ3) is 3.18. The zero-order chi connectivity index (χ0) is 20.4. The van der Waals surface area contributed by atoms with Crippen LogP contribution in [0.1, 0.15) is 91.9 Å². The molecule has 2 N–H and O–H groups in total. The standard InChI is InChI=1S/C26H40O2/c1-6-26(28)16-15-25(5)19(17-26)7-9-20-21-10-8-18(11-13-23(2,3)27)24(21,4)14-12-22(20)25/h1,7,18,20-22,27-28H,8-17H2,2-5H3. The maximum absolute atomic E-state index is 10.7. The smallest absolute Gasteiger partial charge is 0.128 e. The molecule has 0 amide bonds. The molecule has 0 radical (unpaired) electrons. The summed E-state index contributed by atoms with van der Waals surface area (Å²) in [5.74, 6) is 5.80. The molecule has 3 fully saturated rings. The molecule has 28 heavy (non-hydrogen) atoms. The fourth-order valence-electron chi connectivity index (χ4n) is 7.88. The number of rotatable bonds is 3. The van der Waals surface area contributed by atoms with Crippen molar-refractivity contribution in [1.29, 1.82) is 0 Å². The Morgan fingerprint density at radius 3 is 2.57 bits per heavy atom.